The van der Waals surface area contributed by atoms with Crippen molar-refractivity contribution in [1.29, 1.82) is 0 Å². The number of nitrogens with zero attached hydrogens (tertiary/aromatic N) is 3. The largest absolute Gasteiger partial charge is 0.388 e. The number of aromatic nitrogens is 4. The monoisotopic (exact) mass is 363 g/mol. The molecule has 0 saturated carbocycles. The molecular formula is C16H15ClN4O4. The molecule has 0 aliphatic heterocycles. The second kappa shape index (κ2) is 7.04. The van der Waals surface area contributed by atoms with E-state index in [-0.39, 0.29) is 24.7 Å². The Morgan fingerprint density at radius 3 is 2.84 bits per heavy atom. The molecule has 0 unspecified atom stereocenters. The van der Waals surface area contributed by atoms with E-state index in [1.54, 1.807) is 19.1 Å². The number of nitrogens with one attached hydrogen (secondary N) is 1. The minimum absolute atomic E-state index is 0.0186. The van der Waals surface area contributed by atoms with Gasteiger partial charge in [-0.05, 0) is 24.6 Å². The zero-order chi connectivity index (χ0) is 18.9. The zero-order valence-electron chi connectivity index (χ0n) is 14.2. The fraction of sp³-hybridized carbons (Fsp3) is 0.250. The van der Waals surface area contributed by atoms with Crippen molar-refractivity contribution in [3.05, 3.63) is 79.2 Å². The van der Waals surface area contributed by atoms with Crippen molar-refractivity contribution in [3.8, 4) is 0 Å². The minimum Gasteiger partial charge on any atom is -0.388 e. The van der Waals surface area contributed by atoms with E-state index in [4.69, 9.17) is 17.5 Å². The Morgan fingerprint density at radius 1 is 1.40 bits per heavy atom. The first kappa shape index (κ1) is 15.8. The van der Waals surface area contributed by atoms with Crippen LogP contribution in [-0.4, -0.2) is 24.8 Å². The highest BCUT2D eigenvalue weighted by atomic mass is 35.5. The van der Waals surface area contributed by atoms with Crippen molar-refractivity contribution in [1.82, 2.24) is 19.7 Å². The molecule has 0 bridgehead atoms. The van der Waals surface area contributed by atoms with E-state index in [1.807, 2.05) is 0 Å². The lowest BCUT2D eigenvalue weighted by molar-refractivity contribution is 0.174. The molecule has 0 amide bonds. The molecule has 0 spiro atoms. The van der Waals surface area contributed by atoms with Crippen molar-refractivity contribution in [2.45, 2.75) is 26.0 Å². The van der Waals surface area contributed by atoms with Crippen LogP contribution >= 0.6 is 11.6 Å². The number of H-pyrrole nitrogens is 1. The van der Waals surface area contributed by atoms with Crippen molar-refractivity contribution >= 4 is 11.6 Å². The van der Waals surface area contributed by atoms with Gasteiger partial charge in [-0.2, -0.15) is 4.98 Å². The summed E-state index contributed by atoms with van der Waals surface area (Å²) in [4.78, 5) is 30.3. The Balaban J connectivity index is 1.80. The van der Waals surface area contributed by atoms with Gasteiger partial charge in [-0.25, -0.2) is 4.79 Å². The average Bonchev–Trinajstić information content (AvgIpc) is 3.02. The zero-order valence-corrected chi connectivity index (χ0v) is 13.9. The van der Waals surface area contributed by atoms with Crippen LogP contribution in [0, 0.1) is 6.92 Å². The van der Waals surface area contributed by atoms with E-state index < -0.39 is 17.3 Å². The number of benzene rings is 1. The number of aryl methyl sites for hydroxylation is 1. The van der Waals surface area contributed by atoms with Crippen LogP contribution in [0.5, 0.6) is 0 Å². The molecule has 0 aliphatic rings. The van der Waals surface area contributed by atoms with Crippen LogP contribution in [-0.2, 0) is 13.0 Å². The molecule has 0 aliphatic carbocycles. The number of hydrogen-bond donors (Lipinski definition) is 2. The first-order valence-corrected chi connectivity index (χ1v) is 7.73. The van der Waals surface area contributed by atoms with Gasteiger partial charge in [-0.1, -0.05) is 28.9 Å². The normalized spacial score (nSPS) is 14.1. The number of aliphatic hydroxyl groups is 1. The number of halogens is 1. The third-order valence-electron chi connectivity index (χ3n) is 3.55. The Bertz CT molecular complexity index is 1040. The molecule has 2 aromatic heterocycles. The molecule has 0 radical (unpaired) electrons. The van der Waals surface area contributed by atoms with Crippen LogP contribution < -0.4 is 11.2 Å². The second-order valence-corrected chi connectivity index (χ2v) is 5.84. The van der Waals surface area contributed by atoms with Crippen molar-refractivity contribution in [3.63, 3.8) is 0 Å². The molecule has 1 atom stereocenters. The predicted molar refractivity (Wildman–Crippen MR) is 89.6 cm³/mol. The molecule has 9 heteroatoms. The van der Waals surface area contributed by atoms with Crippen LogP contribution in [0.1, 0.15) is 30.3 Å². The van der Waals surface area contributed by atoms with E-state index in [2.05, 4.69) is 15.1 Å². The van der Waals surface area contributed by atoms with Crippen LogP contribution in [0.2, 0.25) is 5.02 Å². The predicted octanol–water partition coefficient (Wildman–Crippen LogP) is 1.21. The summed E-state index contributed by atoms with van der Waals surface area (Å²) in [5.74, 6) is 0.0923. The van der Waals surface area contributed by atoms with Crippen LogP contribution in [0.3, 0.4) is 0 Å². The summed E-state index contributed by atoms with van der Waals surface area (Å²) in [7, 11) is 0. The minimum atomic E-state index is -1.98. The maximum atomic E-state index is 12.0. The van der Waals surface area contributed by atoms with Gasteiger partial charge in [0.15, 0.2) is 5.82 Å². The van der Waals surface area contributed by atoms with E-state index in [9.17, 15) is 14.7 Å². The number of hydrogen-bond acceptors (Lipinski definition) is 6. The quantitative estimate of drug-likeness (QED) is 0.704. The molecule has 130 valence electrons. The Labute approximate surface area is 148 Å². The number of rotatable bonds is 5. The smallest absolute Gasteiger partial charge is 0.328 e. The molecule has 0 fully saturated rings. The molecule has 1 aromatic carbocycles. The molecule has 25 heavy (non-hydrogen) atoms. The van der Waals surface area contributed by atoms with Gasteiger partial charge in [0.05, 0.1) is 7.45 Å². The summed E-state index contributed by atoms with van der Waals surface area (Å²) in [6.07, 6.45) is -0.896. The molecule has 2 N–H and O–H groups in total. The van der Waals surface area contributed by atoms with Gasteiger partial charge >= 0.3 is 5.69 Å². The van der Waals surface area contributed by atoms with E-state index in [0.29, 0.717) is 16.1 Å². The maximum Gasteiger partial charge on any atom is 0.328 e. The topological polar surface area (TPSA) is 114 Å². The summed E-state index contributed by atoms with van der Waals surface area (Å²) in [5.41, 5.74) is -0.377. The van der Waals surface area contributed by atoms with Gasteiger partial charge < -0.3 is 14.6 Å². The summed E-state index contributed by atoms with van der Waals surface area (Å²) in [6, 6.07) is 6.19. The molecule has 8 nitrogen and oxygen atoms in total. The fourth-order valence-corrected chi connectivity index (χ4v) is 2.34. The molecule has 2 heterocycles. The van der Waals surface area contributed by atoms with Gasteiger partial charge in [0, 0.05) is 23.2 Å². The summed E-state index contributed by atoms with van der Waals surface area (Å²) >= 11 is 5.80. The van der Waals surface area contributed by atoms with Crippen LogP contribution in [0.25, 0.3) is 0 Å². The Morgan fingerprint density at radius 2 is 2.12 bits per heavy atom. The lowest BCUT2D eigenvalue weighted by atomic mass is 10.1. The molecule has 3 rings (SSSR count). The summed E-state index contributed by atoms with van der Waals surface area (Å²) in [5, 5.41) is 14.5. The SMILES string of the molecule is [2H][C@](O)(Cc1noc(Cn2c(=O)[nH]cc(C)c2=O)n1)c1ccc(Cl)cc1. The lowest BCUT2D eigenvalue weighted by Gasteiger charge is -2.08. The highest BCUT2D eigenvalue weighted by Crippen LogP contribution is 2.19. The molecular weight excluding hydrogens is 348 g/mol. The van der Waals surface area contributed by atoms with Crippen molar-refractivity contribution in [2.24, 2.45) is 0 Å². The van der Waals surface area contributed by atoms with Gasteiger partial charge in [0.1, 0.15) is 6.54 Å². The van der Waals surface area contributed by atoms with E-state index >= 15 is 0 Å². The second-order valence-electron chi connectivity index (χ2n) is 5.40. The highest BCUT2D eigenvalue weighted by molar-refractivity contribution is 6.30. The average molecular weight is 364 g/mol. The van der Waals surface area contributed by atoms with Crippen molar-refractivity contribution < 1.29 is 11.0 Å². The van der Waals surface area contributed by atoms with Gasteiger partial charge in [0.2, 0.25) is 5.89 Å². The fourth-order valence-electron chi connectivity index (χ4n) is 2.21. The van der Waals surface area contributed by atoms with Gasteiger partial charge in [-0.15, -0.1) is 0 Å². The molecule has 3 aromatic rings. The summed E-state index contributed by atoms with van der Waals surface area (Å²) in [6.45, 7) is 1.36. The van der Waals surface area contributed by atoms with Crippen LogP contribution in [0.4, 0.5) is 0 Å². The van der Waals surface area contributed by atoms with E-state index in [0.717, 1.165) is 4.57 Å². The van der Waals surface area contributed by atoms with Gasteiger partial charge in [-0.3, -0.25) is 9.36 Å². The van der Waals surface area contributed by atoms with E-state index in [1.165, 1.54) is 18.3 Å². The summed E-state index contributed by atoms with van der Waals surface area (Å²) < 4.78 is 14.0. The Kier molecular flexibility index (Phi) is 4.45. The third kappa shape index (κ3) is 3.86. The van der Waals surface area contributed by atoms with Gasteiger partial charge in [0.25, 0.3) is 5.56 Å². The van der Waals surface area contributed by atoms with Crippen molar-refractivity contribution in [2.75, 3.05) is 0 Å². The first-order valence-electron chi connectivity index (χ1n) is 7.85. The maximum absolute atomic E-state index is 12.0. The first-order chi connectivity index (χ1) is 12.3. The third-order valence-corrected chi connectivity index (χ3v) is 3.80. The lowest BCUT2D eigenvalue weighted by Crippen LogP contribution is -2.36. The highest BCUT2D eigenvalue weighted by Gasteiger charge is 2.15. The molecule has 0 saturated heterocycles. The number of aromatic amines is 1. The Hall–Kier alpha value is -2.71. The standard InChI is InChI=1S/C16H15ClN4O4/c1-9-7-18-16(24)21(15(9)23)8-14-19-13(20-25-14)6-12(22)10-2-4-11(17)5-3-10/h2-5,7,12,22H,6,8H2,1H3,(H,18,24)/t12-/m0/s1/i12D. The van der Waals surface area contributed by atoms with Crippen LogP contribution in [0.15, 0.2) is 44.6 Å².